The molecule has 1 amide bonds. The zero-order valence-corrected chi connectivity index (χ0v) is 13.7. The SMILES string of the molecule is COCc1cccc(NC(=O)CCC(=O)c2ccc(Cl)s2)c1. The largest absolute Gasteiger partial charge is 0.380 e. The fraction of sp³-hybridized carbons (Fsp3) is 0.250. The number of rotatable bonds is 7. The summed E-state index contributed by atoms with van der Waals surface area (Å²) in [7, 11) is 1.62. The third-order valence-corrected chi connectivity index (χ3v) is 4.22. The summed E-state index contributed by atoms with van der Waals surface area (Å²) in [5.41, 5.74) is 1.68. The first kappa shape index (κ1) is 16.7. The number of carbonyl (C=O) groups is 2. The van der Waals surface area contributed by atoms with E-state index < -0.39 is 0 Å². The van der Waals surface area contributed by atoms with E-state index in [4.69, 9.17) is 16.3 Å². The van der Waals surface area contributed by atoms with Crippen LogP contribution >= 0.6 is 22.9 Å². The summed E-state index contributed by atoms with van der Waals surface area (Å²) < 4.78 is 5.62. The van der Waals surface area contributed by atoms with E-state index in [1.54, 1.807) is 25.3 Å². The van der Waals surface area contributed by atoms with Gasteiger partial charge in [-0.25, -0.2) is 0 Å². The van der Waals surface area contributed by atoms with Crippen molar-refractivity contribution in [2.75, 3.05) is 12.4 Å². The lowest BCUT2D eigenvalue weighted by molar-refractivity contribution is -0.116. The number of ether oxygens (including phenoxy) is 1. The predicted molar refractivity (Wildman–Crippen MR) is 88.7 cm³/mol. The second kappa shape index (κ2) is 8.08. The molecule has 0 spiro atoms. The second-order valence-electron chi connectivity index (χ2n) is 4.71. The molecule has 0 saturated heterocycles. The number of benzene rings is 1. The molecule has 1 heterocycles. The second-order valence-corrected chi connectivity index (χ2v) is 6.42. The first-order valence-electron chi connectivity index (χ1n) is 6.75. The van der Waals surface area contributed by atoms with Gasteiger partial charge in [-0.1, -0.05) is 23.7 Å². The highest BCUT2D eigenvalue weighted by Crippen LogP contribution is 2.23. The average molecular weight is 338 g/mol. The van der Waals surface area contributed by atoms with Crippen molar-refractivity contribution < 1.29 is 14.3 Å². The highest BCUT2D eigenvalue weighted by Gasteiger charge is 2.11. The van der Waals surface area contributed by atoms with Crippen LogP contribution in [0.4, 0.5) is 5.69 Å². The summed E-state index contributed by atoms with van der Waals surface area (Å²) in [5, 5.41) is 2.78. The van der Waals surface area contributed by atoms with Crippen molar-refractivity contribution in [3.8, 4) is 0 Å². The highest BCUT2D eigenvalue weighted by atomic mass is 35.5. The molecule has 0 aliphatic carbocycles. The summed E-state index contributed by atoms with van der Waals surface area (Å²) in [5.74, 6) is -0.259. The molecule has 116 valence electrons. The molecular weight excluding hydrogens is 322 g/mol. The minimum absolute atomic E-state index is 0.0693. The van der Waals surface area contributed by atoms with Gasteiger partial charge in [0, 0.05) is 25.6 Å². The molecule has 22 heavy (non-hydrogen) atoms. The number of halogens is 1. The van der Waals surface area contributed by atoms with Crippen molar-refractivity contribution >= 4 is 40.3 Å². The third-order valence-electron chi connectivity index (χ3n) is 2.95. The Bertz CT molecular complexity index is 669. The van der Waals surface area contributed by atoms with Crippen LogP contribution < -0.4 is 5.32 Å². The first-order chi connectivity index (χ1) is 10.6. The van der Waals surface area contributed by atoms with Crippen LogP contribution in [0.25, 0.3) is 0 Å². The number of amides is 1. The van der Waals surface area contributed by atoms with Crippen LogP contribution in [0, 0.1) is 0 Å². The number of ketones is 1. The molecule has 0 aliphatic heterocycles. The Hall–Kier alpha value is -1.69. The van der Waals surface area contributed by atoms with Crippen LogP contribution in [0.3, 0.4) is 0 Å². The Morgan fingerprint density at radius 3 is 2.73 bits per heavy atom. The summed E-state index contributed by atoms with van der Waals surface area (Å²) in [4.78, 5) is 24.4. The standard InChI is InChI=1S/C16H16ClNO3S/c1-21-10-11-3-2-4-12(9-11)18-16(20)8-5-13(19)14-6-7-15(17)22-14/h2-4,6-7,9H,5,8,10H2,1H3,(H,18,20). The molecule has 1 aromatic heterocycles. The zero-order chi connectivity index (χ0) is 15.9. The van der Waals surface area contributed by atoms with Crippen LogP contribution in [-0.2, 0) is 16.1 Å². The van der Waals surface area contributed by atoms with Crippen LogP contribution in [0.5, 0.6) is 0 Å². The van der Waals surface area contributed by atoms with Gasteiger partial charge in [0.25, 0.3) is 0 Å². The molecule has 0 atom stereocenters. The van der Waals surface area contributed by atoms with E-state index in [0.29, 0.717) is 21.5 Å². The summed E-state index contributed by atoms with van der Waals surface area (Å²) in [6, 6.07) is 10.8. The van der Waals surface area contributed by atoms with Gasteiger partial charge in [0.05, 0.1) is 15.8 Å². The Morgan fingerprint density at radius 2 is 2.05 bits per heavy atom. The number of Topliss-reactive ketones (excluding diaryl/α,β-unsaturated/α-hetero) is 1. The van der Waals surface area contributed by atoms with Crippen LogP contribution in [0.1, 0.15) is 28.1 Å². The van der Waals surface area contributed by atoms with Crippen LogP contribution in [0.15, 0.2) is 36.4 Å². The summed E-state index contributed by atoms with van der Waals surface area (Å²) in [6.45, 7) is 0.487. The molecule has 0 saturated carbocycles. The van der Waals surface area contributed by atoms with Crippen molar-refractivity contribution in [3.05, 3.63) is 51.2 Å². The molecule has 0 fully saturated rings. The maximum absolute atomic E-state index is 11.9. The molecule has 0 radical (unpaired) electrons. The Morgan fingerprint density at radius 1 is 1.23 bits per heavy atom. The van der Waals surface area contributed by atoms with Gasteiger partial charge in [-0.2, -0.15) is 0 Å². The Labute approximate surface area is 138 Å². The van der Waals surface area contributed by atoms with Gasteiger partial charge in [0.2, 0.25) is 5.91 Å². The van der Waals surface area contributed by atoms with Crippen molar-refractivity contribution in [1.82, 2.24) is 0 Å². The van der Waals surface area contributed by atoms with Crippen molar-refractivity contribution in [1.29, 1.82) is 0 Å². The van der Waals surface area contributed by atoms with Gasteiger partial charge >= 0.3 is 0 Å². The van der Waals surface area contributed by atoms with E-state index in [1.807, 2.05) is 18.2 Å². The van der Waals surface area contributed by atoms with Crippen molar-refractivity contribution in [2.45, 2.75) is 19.4 Å². The topological polar surface area (TPSA) is 55.4 Å². The van der Waals surface area contributed by atoms with Gasteiger partial charge in [0.1, 0.15) is 0 Å². The summed E-state index contributed by atoms with van der Waals surface area (Å²) >= 11 is 7.02. The van der Waals surface area contributed by atoms with Gasteiger partial charge in [0.15, 0.2) is 5.78 Å². The van der Waals surface area contributed by atoms with E-state index in [-0.39, 0.29) is 24.5 Å². The number of hydrogen-bond donors (Lipinski definition) is 1. The van der Waals surface area contributed by atoms with Crippen molar-refractivity contribution in [2.24, 2.45) is 0 Å². The smallest absolute Gasteiger partial charge is 0.224 e. The average Bonchev–Trinajstić information content (AvgIpc) is 2.92. The van der Waals surface area contributed by atoms with E-state index in [1.165, 1.54) is 11.3 Å². The van der Waals surface area contributed by atoms with E-state index in [9.17, 15) is 9.59 Å². The minimum atomic E-state index is -0.189. The lowest BCUT2D eigenvalue weighted by Crippen LogP contribution is -2.13. The predicted octanol–water partition coefficient (Wildman–Crippen LogP) is 4.15. The molecule has 0 unspecified atom stereocenters. The minimum Gasteiger partial charge on any atom is -0.380 e. The Balaban J connectivity index is 1.85. The van der Waals surface area contributed by atoms with Crippen LogP contribution in [-0.4, -0.2) is 18.8 Å². The molecule has 1 N–H and O–H groups in total. The normalized spacial score (nSPS) is 10.5. The molecule has 0 bridgehead atoms. The fourth-order valence-corrected chi connectivity index (χ4v) is 2.95. The maximum Gasteiger partial charge on any atom is 0.224 e. The molecule has 0 aliphatic rings. The van der Waals surface area contributed by atoms with Gasteiger partial charge in [-0.05, 0) is 29.8 Å². The number of methoxy groups -OCH3 is 1. The monoisotopic (exact) mass is 337 g/mol. The number of anilines is 1. The van der Waals surface area contributed by atoms with Gasteiger partial charge in [-0.3, -0.25) is 9.59 Å². The summed E-state index contributed by atoms with van der Waals surface area (Å²) in [6.07, 6.45) is 0.309. The molecule has 2 aromatic rings. The van der Waals surface area contributed by atoms with Crippen molar-refractivity contribution in [3.63, 3.8) is 0 Å². The molecule has 1 aromatic carbocycles. The van der Waals surface area contributed by atoms with Crippen LogP contribution in [0.2, 0.25) is 4.34 Å². The number of thiophene rings is 1. The number of hydrogen-bond acceptors (Lipinski definition) is 4. The highest BCUT2D eigenvalue weighted by molar-refractivity contribution is 7.18. The first-order valence-corrected chi connectivity index (χ1v) is 7.94. The molecule has 4 nitrogen and oxygen atoms in total. The molecule has 2 rings (SSSR count). The Kier molecular flexibility index (Phi) is 6.12. The fourth-order valence-electron chi connectivity index (χ4n) is 1.94. The maximum atomic E-state index is 11.9. The van der Waals surface area contributed by atoms with E-state index >= 15 is 0 Å². The quantitative estimate of drug-likeness (QED) is 0.772. The number of nitrogens with one attached hydrogen (secondary N) is 1. The zero-order valence-electron chi connectivity index (χ0n) is 12.1. The molecular formula is C16H16ClNO3S. The van der Waals surface area contributed by atoms with Gasteiger partial charge < -0.3 is 10.1 Å². The van der Waals surface area contributed by atoms with E-state index in [2.05, 4.69) is 5.32 Å². The number of carbonyl (C=O) groups excluding carboxylic acids is 2. The van der Waals surface area contributed by atoms with Gasteiger partial charge in [-0.15, -0.1) is 11.3 Å². The molecule has 6 heteroatoms. The third kappa shape index (κ3) is 4.94. The van der Waals surface area contributed by atoms with E-state index in [0.717, 1.165) is 5.56 Å². The lowest BCUT2D eigenvalue weighted by Gasteiger charge is -2.07. The lowest BCUT2D eigenvalue weighted by atomic mass is 10.1.